The van der Waals surface area contributed by atoms with Crippen molar-refractivity contribution in [3.05, 3.63) is 35.9 Å². The van der Waals surface area contributed by atoms with Crippen molar-refractivity contribution in [3.63, 3.8) is 0 Å². The van der Waals surface area contributed by atoms with Gasteiger partial charge in [-0.15, -0.1) is 0 Å². The number of carbonyl (C=O) groups is 1. The van der Waals surface area contributed by atoms with Gasteiger partial charge in [0.25, 0.3) is 5.91 Å². The Kier molecular flexibility index (Phi) is 4.11. The summed E-state index contributed by atoms with van der Waals surface area (Å²) in [6, 6.07) is 8.35. The minimum Gasteiger partial charge on any atom is -0.469 e. The molecule has 1 aliphatic rings. The van der Waals surface area contributed by atoms with Gasteiger partial charge in [-0.2, -0.15) is 13.2 Å². The lowest BCUT2D eigenvalue weighted by Gasteiger charge is -2.10. The van der Waals surface area contributed by atoms with Crippen molar-refractivity contribution >= 4 is 11.8 Å². The summed E-state index contributed by atoms with van der Waals surface area (Å²) in [6.07, 6.45) is -5.31. The molecule has 0 radical (unpaired) electrons. The van der Waals surface area contributed by atoms with Crippen LogP contribution >= 0.6 is 0 Å². The van der Waals surface area contributed by atoms with Crippen LogP contribution in [0.3, 0.4) is 0 Å². The topological polar surface area (TPSA) is 59.9 Å². The van der Waals surface area contributed by atoms with Crippen LogP contribution in [0.15, 0.2) is 35.5 Å². The molecule has 1 heterocycles. The van der Waals surface area contributed by atoms with Crippen LogP contribution in [-0.2, 0) is 9.57 Å². The molecule has 0 saturated carbocycles. The Bertz CT molecular complexity index is 502. The first kappa shape index (κ1) is 14.2. The molecular formula is C12H11F3N2O3. The van der Waals surface area contributed by atoms with Gasteiger partial charge in [0.2, 0.25) is 12.1 Å². The van der Waals surface area contributed by atoms with E-state index in [-0.39, 0.29) is 12.3 Å². The van der Waals surface area contributed by atoms with Gasteiger partial charge >= 0.3 is 6.18 Å². The fraction of sp³-hybridized carbons (Fsp3) is 0.333. The molecule has 5 nitrogen and oxygen atoms in total. The molecule has 2 rings (SSSR count). The van der Waals surface area contributed by atoms with E-state index in [1.54, 1.807) is 30.3 Å². The molecule has 1 aromatic carbocycles. The molecule has 0 aliphatic carbocycles. The van der Waals surface area contributed by atoms with Gasteiger partial charge in [0.1, 0.15) is 0 Å². The van der Waals surface area contributed by atoms with E-state index in [0.717, 1.165) is 0 Å². The second kappa shape index (κ2) is 5.81. The van der Waals surface area contributed by atoms with Gasteiger partial charge in [-0.05, 0) is 17.3 Å². The number of amides is 1. The molecule has 0 bridgehead atoms. The molecule has 1 amide bonds. The zero-order valence-electron chi connectivity index (χ0n) is 10.2. The van der Waals surface area contributed by atoms with Gasteiger partial charge in [0.05, 0.1) is 6.42 Å². The van der Waals surface area contributed by atoms with E-state index < -0.39 is 24.9 Å². The molecule has 1 aromatic rings. The number of nitrogens with zero attached hydrogens (tertiary/aromatic N) is 1. The third kappa shape index (κ3) is 4.15. The number of alkyl halides is 3. The first-order valence-corrected chi connectivity index (χ1v) is 5.72. The van der Waals surface area contributed by atoms with Crippen molar-refractivity contribution in [1.29, 1.82) is 0 Å². The van der Waals surface area contributed by atoms with E-state index in [2.05, 4.69) is 15.2 Å². The maximum Gasteiger partial charge on any atom is 0.422 e. The summed E-state index contributed by atoms with van der Waals surface area (Å²) in [6.45, 7) is -1.44. The average molecular weight is 288 g/mol. The van der Waals surface area contributed by atoms with Gasteiger partial charge in [-0.25, -0.2) is 0 Å². The van der Waals surface area contributed by atoms with Gasteiger partial charge < -0.3 is 14.9 Å². The number of ether oxygens (including phenoxy) is 1. The minimum absolute atomic E-state index is 0.0470. The molecule has 0 fully saturated rings. The van der Waals surface area contributed by atoms with E-state index in [1.807, 2.05) is 0 Å². The number of rotatable bonds is 3. The van der Waals surface area contributed by atoms with E-state index in [4.69, 9.17) is 4.84 Å². The van der Waals surface area contributed by atoms with E-state index in [9.17, 15) is 18.0 Å². The lowest BCUT2D eigenvalue weighted by molar-refractivity contribution is -0.156. The minimum atomic E-state index is -4.44. The SMILES string of the molecule is O=C(NC1CC(OCC(F)(F)F)=NO1)c1ccccc1. The second-order valence-corrected chi connectivity index (χ2v) is 4.03. The third-order valence-corrected chi connectivity index (χ3v) is 2.37. The largest absolute Gasteiger partial charge is 0.469 e. The summed E-state index contributed by atoms with van der Waals surface area (Å²) >= 11 is 0. The number of nitrogens with one attached hydrogen (secondary N) is 1. The van der Waals surface area contributed by atoms with Crippen LogP contribution in [0.2, 0.25) is 0 Å². The van der Waals surface area contributed by atoms with Crippen molar-refractivity contribution in [2.45, 2.75) is 18.8 Å². The van der Waals surface area contributed by atoms with Crippen LogP contribution in [0, 0.1) is 0 Å². The Morgan fingerprint density at radius 3 is 2.75 bits per heavy atom. The summed E-state index contributed by atoms with van der Waals surface area (Å²) < 4.78 is 40.3. The highest BCUT2D eigenvalue weighted by atomic mass is 19.4. The Balaban J connectivity index is 1.79. The quantitative estimate of drug-likeness (QED) is 0.926. The zero-order chi connectivity index (χ0) is 14.6. The lowest BCUT2D eigenvalue weighted by atomic mass is 10.2. The molecule has 1 N–H and O–H groups in total. The van der Waals surface area contributed by atoms with E-state index >= 15 is 0 Å². The first-order valence-electron chi connectivity index (χ1n) is 5.72. The summed E-state index contributed by atoms with van der Waals surface area (Å²) in [5.74, 6) is -0.594. The van der Waals surface area contributed by atoms with E-state index in [1.165, 1.54) is 0 Å². The standard InChI is InChI=1S/C12H11F3N2O3/c13-12(14,15)7-19-10-6-9(20-17-10)16-11(18)8-4-2-1-3-5-8/h1-5,9H,6-7H2,(H,16,18). The van der Waals surface area contributed by atoms with Crippen molar-refractivity contribution in [2.75, 3.05) is 6.61 Å². The fourth-order valence-corrected chi connectivity index (χ4v) is 1.50. The summed E-state index contributed by atoms with van der Waals surface area (Å²) in [7, 11) is 0. The van der Waals surface area contributed by atoms with Crippen LogP contribution in [0.5, 0.6) is 0 Å². The van der Waals surface area contributed by atoms with Gasteiger partial charge in [-0.1, -0.05) is 18.2 Å². The maximum absolute atomic E-state index is 11.9. The van der Waals surface area contributed by atoms with Crippen LogP contribution in [-0.4, -0.2) is 30.8 Å². The molecule has 0 saturated heterocycles. The number of hydrogen-bond donors (Lipinski definition) is 1. The van der Waals surface area contributed by atoms with Crippen molar-refractivity contribution < 1.29 is 27.5 Å². The smallest absolute Gasteiger partial charge is 0.422 e. The van der Waals surface area contributed by atoms with Crippen molar-refractivity contribution in [3.8, 4) is 0 Å². The highest BCUT2D eigenvalue weighted by Gasteiger charge is 2.31. The summed E-state index contributed by atoms with van der Waals surface area (Å²) in [5.41, 5.74) is 0.417. The predicted molar refractivity (Wildman–Crippen MR) is 62.8 cm³/mol. The second-order valence-electron chi connectivity index (χ2n) is 4.03. The number of carbonyl (C=O) groups excluding carboxylic acids is 1. The Morgan fingerprint density at radius 1 is 1.40 bits per heavy atom. The molecule has 0 spiro atoms. The molecule has 0 aromatic heterocycles. The van der Waals surface area contributed by atoms with Crippen LogP contribution < -0.4 is 5.32 Å². The molecule has 1 aliphatic heterocycles. The monoisotopic (exact) mass is 288 g/mol. The predicted octanol–water partition coefficient (Wildman–Crippen LogP) is 2.06. The third-order valence-electron chi connectivity index (χ3n) is 2.37. The fourth-order valence-electron chi connectivity index (χ4n) is 1.50. The van der Waals surface area contributed by atoms with Gasteiger partial charge in [-0.3, -0.25) is 4.79 Å². The van der Waals surface area contributed by atoms with Gasteiger partial charge in [0.15, 0.2) is 6.61 Å². The number of oxime groups is 1. The van der Waals surface area contributed by atoms with Crippen molar-refractivity contribution in [2.24, 2.45) is 5.16 Å². The number of benzene rings is 1. The van der Waals surface area contributed by atoms with Gasteiger partial charge in [0, 0.05) is 5.56 Å². The summed E-state index contributed by atoms with van der Waals surface area (Å²) in [5, 5.41) is 5.83. The lowest BCUT2D eigenvalue weighted by Crippen LogP contribution is -2.35. The number of hydrogen-bond acceptors (Lipinski definition) is 4. The Labute approximate surface area is 112 Å². The first-order chi connectivity index (χ1) is 9.44. The van der Waals surface area contributed by atoms with Crippen LogP contribution in [0.4, 0.5) is 13.2 Å². The van der Waals surface area contributed by atoms with Crippen LogP contribution in [0.25, 0.3) is 0 Å². The molecule has 20 heavy (non-hydrogen) atoms. The molecule has 108 valence electrons. The van der Waals surface area contributed by atoms with E-state index in [0.29, 0.717) is 5.56 Å². The Hall–Kier alpha value is -2.25. The van der Waals surface area contributed by atoms with Crippen LogP contribution in [0.1, 0.15) is 16.8 Å². The molecule has 1 unspecified atom stereocenters. The Morgan fingerprint density at radius 2 is 2.10 bits per heavy atom. The normalized spacial score (nSPS) is 18.1. The number of halogens is 3. The molecular weight excluding hydrogens is 277 g/mol. The highest BCUT2D eigenvalue weighted by molar-refractivity contribution is 5.94. The van der Waals surface area contributed by atoms with Crippen molar-refractivity contribution in [1.82, 2.24) is 5.32 Å². The zero-order valence-corrected chi connectivity index (χ0v) is 10.2. The summed E-state index contributed by atoms with van der Waals surface area (Å²) in [4.78, 5) is 16.5. The maximum atomic E-state index is 11.9. The molecule has 1 atom stereocenters. The molecule has 8 heteroatoms. The highest BCUT2D eigenvalue weighted by Crippen LogP contribution is 2.17. The average Bonchev–Trinajstić information content (AvgIpc) is 2.84.